The molecule has 21 heavy (non-hydrogen) atoms. The van der Waals surface area contributed by atoms with Gasteiger partial charge in [0, 0.05) is 5.57 Å². The number of rotatable bonds is 6. The van der Waals surface area contributed by atoms with Gasteiger partial charge in [-0.25, -0.2) is 9.59 Å². The highest BCUT2D eigenvalue weighted by Gasteiger charge is 2.42. The van der Waals surface area contributed by atoms with E-state index in [0.717, 1.165) is 6.42 Å². The van der Waals surface area contributed by atoms with E-state index in [4.69, 9.17) is 9.47 Å². The van der Waals surface area contributed by atoms with Crippen molar-refractivity contribution in [3.8, 4) is 0 Å². The third-order valence-corrected chi connectivity index (χ3v) is 3.41. The highest BCUT2D eigenvalue weighted by molar-refractivity contribution is 5.97. The molecule has 1 rings (SSSR count). The number of aliphatic carboxylic acids is 1. The molecule has 1 N–H and O–H groups in total. The Labute approximate surface area is 123 Å². The van der Waals surface area contributed by atoms with Gasteiger partial charge in [0.15, 0.2) is 0 Å². The van der Waals surface area contributed by atoms with E-state index >= 15 is 0 Å². The topological polar surface area (TPSA) is 89.9 Å². The lowest BCUT2D eigenvalue weighted by Gasteiger charge is -2.29. The smallest absolute Gasteiger partial charge is 0.334 e. The molecule has 0 aromatic carbocycles. The minimum Gasteiger partial charge on any atom is -0.481 e. The molecule has 116 valence electrons. The molecule has 0 radical (unpaired) electrons. The SMILES string of the molecule is C=C(C)C(=O)OCCOC(=O)C1=CCCCC1(C)C(=O)O. The van der Waals surface area contributed by atoms with Gasteiger partial charge in [0.2, 0.25) is 0 Å². The van der Waals surface area contributed by atoms with E-state index in [1.54, 1.807) is 6.08 Å². The summed E-state index contributed by atoms with van der Waals surface area (Å²) < 4.78 is 9.77. The van der Waals surface area contributed by atoms with Crippen LogP contribution in [-0.2, 0) is 23.9 Å². The maximum absolute atomic E-state index is 12.0. The van der Waals surface area contributed by atoms with Crippen LogP contribution in [0.1, 0.15) is 33.1 Å². The van der Waals surface area contributed by atoms with Gasteiger partial charge in [-0.2, -0.15) is 0 Å². The molecule has 1 unspecified atom stereocenters. The van der Waals surface area contributed by atoms with Crippen LogP contribution >= 0.6 is 0 Å². The van der Waals surface area contributed by atoms with Crippen LogP contribution in [0.5, 0.6) is 0 Å². The van der Waals surface area contributed by atoms with Gasteiger partial charge in [0.05, 0.1) is 11.0 Å². The summed E-state index contributed by atoms with van der Waals surface area (Å²) in [6.45, 7) is 6.25. The third-order valence-electron chi connectivity index (χ3n) is 3.41. The van der Waals surface area contributed by atoms with E-state index < -0.39 is 23.3 Å². The molecule has 6 nitrogen and oxygen atoms in total. The molecule has 0 heterocycles. The van der Waals surface area contributed by atoms with E-state index in [9.17, 15) is 19.5 Å². The summed E-state index contributed by atoms with van der Waals surface area (Å²) in [5.74, 6) is -2.27. The van der Waals surface area contributed by atoms with Gasteiger partial charge in [-0.1, -0.05) is 12.7 Å². The Kier molecular flexibility index (Phi) is 5.69. The fourth-order valence-corrected chi connectivity index (χ4v) is 2.06. The van der Waals surface area contributed by atoms with Crippen molar-refractivity contribution in [2.24, 2.45) is 5.41 Å². The monoisotopic (exact) mass is 296 g/mol. The summed E-state index contributed by atoms with van der Waals surface area (Å²) in [5, 5.41) is 9.29. The number of carboxylic acid groups (broad SMARTS) is 1. The summed E-state index contributed by atoms with van der Waals surface area (Å²) in [4.78, 5) is 34.5. The lowest BCUT2D eigenvalue weighted by Crippen LogP contribution is -2.36. The highest BCUT2D eigenvalue weighted by Crippen LogP contribution is 2.38. The first-order valence-electron chi connectivity index (χ1n) is 6.73. The zero-order valence-corrected chi connectivity index (χ0v) is 12.3. The van der Waals surface area contributed by atoms with Crippen molar-refractivity contribution in [3.63, 3.8) is 0 Å². The van der Waals surface area contributed by atoms with Crippen LogP contribution in [0.3, 0.4) is 0 Å². The fourth-order valence-electron chi connectivity index (χ4n) is 2.06. The van der Waals surface area contributed by atoms with Crippen molar-refractivity contribution in [1.29, 1.82) is 0 Å². The number of carbonyl (C=O) groups excluding carboxylic acids is 2. The fraction of sp³-hybridized carbons (Fsp3) is 0.533. The van der Waals surface area contributed by atoms with Crippen LogP contribution in [0.4, 0.5) is 0 Å². The molecule has 0 aromatic heterocycles. The largest absolute Gasteiger partial charge is 0.481 e. The molecule has 0 fully saturated rings. The van der Waals surface area contributed by atoms with Crippen molar-refractivity contribution in [3.05, 3.63) is 23.8 Å². The van der Waals surface area contributed by atoms with Crippen molar-refractivity contribution in [1.82, 2.24) is 0 Å². The minimum atomic E-state index is -1.22. The molecular formula is C15H20O6. The molecule has 0 amide bonds. The van der Waals surface area contributed by atoms with Gasteiger partial charge in [0.1, 0.15) is 13.2 Å². The van der Waals surface area contributed by atoms with Crippen LogP contribution in [0.2, 0.25) is 0 Å². The number of carbonyl (C=O) groups is 3. The average molecular weight is 296 g/mol. The number of hydrogen-bond acceptors (Lipinski definition) is 5. The maximum atomic E-state index is 12.0. The maximum Gasteiger partial charge on any atom is 0.334 e. The molecule has 6 heteroatoms. The Morgan fingerprint density at radius 3 is 2.52 bits per heavy atom. The highest BCUT2D eigenvalue weighted by atomic mass is 16.6. The van der Waals surface area contributed by atoms with E-state index in [-0.39, 0.29) is 24.4 Å². The quantitative estimate of drug-likeness (QED) is 0.457. The van der Waals surface area contributed by atoms with E-state index in [0.29, 0.717) is 12.8 Å². The first kappa shape index (κ1) is 16.9. The average Bonchev–Trinajstić information content (AvgIpc) is 2.43. The second kappa shape index (κ2) is 7.06. The molecule has 0 saturated heterocycles. The first-order chi connectivity index (χ1) is 9.79. The van der Waals surface area contributed by atoms with Gasteiger partial charge < -0.3 is 14.6 Å². The van der Waals surface area contributed by atoms with Crippen LogP contribution in [0.25, 0.3) is 0 Å². The van der Waals surface area contributed by atoms with Crippen LogP contribution < -0.4 is 0 Å². The number of allylic oxidation sites excluding steroid dienone is 1. The third kappa shape index (κ3) is 4.18. The van der Waals surface area contributed by atoms with Gasteiger partial charge in [-0.3, -0.25) is 4.79 Å². The van der Waals surface area contributed by atoms with Crippen molar-refractivity contribution >= 4 is 17.9 Å². The molecule has 1 aliphatic rings. The van der Waals surface area contributed by atoms with E-state index in [1.807, 2.05) is 0 Å². The Morgan fingerprint density at radius 2 is 1.95 bits per heavy atom. The van der Waals surface area contributed by atoms with Crippen LogP contribution in [-0.4, -0.2) is 36.2 Å². The van der Waals surface area contributed by atoms with Crippen molar-refractivity contribution < 1.29 is 29.0 Å². The van der Waals surface area contributed by atoms with Crippen molar-refractivity contribution in [2.45, 2.75) is 33.1 Å². The predicted octanol–water partition coefficient (Wildman–Crippen LogP) is 1.85. The Bertz CT molecular complexity index is 490. The lowest BCUT2D eigenvalue weighted by molar-refractivity contribution is -0.153. The lowest BCUT2D eigenvalue weighted by atomic mass is 9.74. The second-order valence-electron chi connectivity index (χ2n) is 5.20. The normalized spacial score (nSPS) is 21.1. The number of esters is 2. The van der Waals surface area contributed by atoms with Crippen LogP contribution in [0.15, 0.2) is 23.8 Å². The standard InChI is InChI=1S/C15H20O6/c1-10(2)12(16)20-8-9-21-13(17)11-6-4-5-7-15(11,3)14(18)19/h6H,1,4-5,7-9H2,2-3H3,(H,18,19). The molecule has 1 aliphatic carbocycles. The molecule has 0 aliphatic heterocycles. The van der Waals surface area contributed by atoms with Gasteiger partial charge in [-0.05, 0) is 33.1 Å². The van der Waals surface area contributed by atoms with Crippen LogP contribution in [0, 0.1) is 5.41 Å². The molecule has 0 spiro atoms. The van der Waals surface area contributed by atoms with Crippen molar-refractivity contribution in [2.75, 3.05) is 13.2 Å². The zero-order valence-electron chi connectivity index (χ0n) is 12.3. The molecule has 0 saturated carbocycles. The number of carboxylic acids is 1. The summed E-state index contributed by atoms with van der Waals surface area (Å²) in [5.41, 5.74) is -0.800. The Hall–Kier alpha value is -2.11. The second-order valence-corrected chi connectivity index (χ2v) is 5.20. The summed E-state index contributed by atoms with van der Waals surface area (Å²) in [6, 6.07) is 0. The van der Waals surface area contributed by atoms with Gasteiger partial charge >= 0.3 is 17.9 Å². The minimum absolute atomic E-state index is 0.0888. The van der Waals surface area contributed by atoms with E-state index in [1.165, 1.54) is 13.8 Å². The molecule has 0 bridgehead atoms. The summed E-state index contributed by atoms with van der Waals surface area (Å²) in [7, 11) is 0. The van der Waals surface area contributed by atoms with Gasteiger partial charge in [-0.15, -0.1) is 0 Å². The van der Waals surface area contributed by atoms with E-state index in [2.05, 4.69) is 6.58 Å². The Morgan fingerprint density at radius 1 is 1.33 bits per heavy atom. The first-order valence-corrected chi connectivity index (χ1v) is 6.73. The molecule has 1 atom stereocenters. The van der Waals surface area contributed by atoms with Gasteiger partial charge in [0.25, 0.3) is 0 Å². The molecule has 0 aromatic rings. The number of hydrogen-bond donors (Lipinski definition) is 1. The summed E-state index contributed by atoms with van der Waals surface area (Å²) >= 11 is 0. The zero-order chi connectivity index (χ0) is 16.0. The number of ether oxygens (including phenoxy) is 2. The molecular weight excluding hydrogens is 276 g/mol. The Balaban J connectivity index is 2.55. The summed E-state index contributed by atoms with van der Waals surface area (Å²) in [6.07, 6.45) is 3.38. The predicted molar refractivity (Wildman–Crippen MR) is 74.4 cm³/mol.